The zero-order valence-corrected chi connectivity index (χ0v) is 24.9. The van der Waals surface area contributed by atoms with Crippen LogP contribution < -0.4 is 0 Å². The molecule has 10 rings (SSSR count). The highest BCUT2D eigenvalue weighted by molar-refractivity contribution is 6.16. The third kappa shape index (κ3) is 3.26. The van der Waals surface area contributed by atoms with Crippen LogP contribution in [0.1, 0.15) is 25.0 Å². The van der Waals surface area contributed by atoms with Gasteiger partial charge in [-0.15, -0.1) is 0 Å². The molecular weight excluding hydrogens is 550 g/mol. The van der Waals surface area contributed by atoms with Gasteiger partial charge in [0.25, 0.3) is 0 Å². The smallest absolute Gasteiger partial charge is 0.233 e. The minimum absolute atomic E-state index is 0.123. The van der Waals surface area contributed by atoms with Crippen molar-refractivity contribution in [1.82, 2.24) is 14.5 Å². The standard InChI is InChI=1S/C41H27N3O/c1-41(2)31-18-8-5-15-27(31)36-29(17-11-19-32(36)41)38-42-39(37-28-16-7-10-21-35(28)45-40(37)43-38)44-33-20-9-6-14-26(33)30-22-24-12-3-4-13-25(24)23-34(30)44/h3-23H,1-2H3. The second-order valence-electron chi connectivity index (χ2n) is 12.6. The molecule has 0 saturated heterocycles. The third-order valence-corrected chi connectivity index (χ3v) is 9.82. The van der Waals surface area contributed by atoms with Gasteiger partial charge in [0.15, 0.2) is 11.6 Å². The Kier molecular flexibility index (Phi) is 4.76. The van der Waals surface area contributed by atoms with E-state index in [1.807, 2.05) is 12.1 Å². The molecule has 3 heterocycles. The molecule has 212 valence electrons. The molecule has 1 aliphatic rings. The van der Waals surface area contributed by atoms with E-state index in [1.165, 1.54) is 43.8 Å². The van der Waals surface area contributed by atoms with Crippen LogP contribution in [0.15, 0.2) is 132 Å². The Hall–Kier alpha value is -5.74. The van der Waals surface area contributed by atoms with Crippen LogP contribution in [-0.4, -0.2) is 14.5 Å². The molecule has 1 aliphatic carbocycles. The van der Waals surface area contributed by atoms with Gasteiger partial charge in [0, 0.05) is 27.1 Å². The van der Waals surface area contributed by atoms with Gasteiger partial charge in [-0.3, -0.25) is 4.57 Å². The number of furan rings is 1. The van der Waals surface area contributed by atoms with Crippen molar-refractivity contribution >= 4 is 54.6 Å². The first-order chi connectivity index (χ1) is 22.1. The first-order valence-electron chi connectivity index (χ1n) is 15.4. The molecule has 0 fully saturated rings. The van der Waals surface area contributed by atoms with Crippen molar-refractivity contribution in [2.24, 2.45) is 0 Å². The zero-order chi connectivity index (χ0) is 29.9. The summed E-state index contributed by atoms with van der Waals surface area (Å²) in [6.07, 6.45) is 0. The predicted octanol–water partition coefficient (Wildman–Crippen LogP) is 10.6. The van der Waals surface area contributed by atoms with E-state index in [0.717, 1.165) is 38.8 Å². The van der Waals surface area contributed by atoms with Gasteiger partial charge in [-0.2, -0.15) is 4.98 Å². The molecule has 4 heteroatoms. The van der Waals surface area contributed by atoms with Crippen molar-refractivity contribution in [3.63, 3.8) is 0 Å². The van der Waals surface area contributed by atoms with E-state index in [1.54, 1.807) is 0 Å². The SMILES string of the molecule is CC1(C)c2ccccc2-c2c(-c3nc(-n4c5ccccc5c5cc6ccccc6cc54)c4c(n3)oc3ccccc34)cccc21. The van der Waals surface area contributed by atoms with Gasteiger partial charge in [0.05, 0.1) is 16.4 Å². The minimum Gasteiger partial charge on any atom is -0.437 e. The Morgan fingerprint density at radius 3 is 2.16 bits per heavy atom. The van der Waals surface area contributed by atoms with Gasteiger partial charge in [-0.25, -0.2) is 4.98 Å². The van der Waals surface area contributed by atoms with Crippen LogP contribution in [0.25, 0.3) is 83.0 Å². The normalized spacial score (nSPS) is 13.7. The highest BCUT2D eigenvalue weighted by Crippen LogP contribution is 2.52. The second kappa shape index (κ2) is 8.67. The Bertz CT molecular complexity index is 2690. The molecule has 3 aromatic heterocycles. The number of hydrogen-bond donors (Lipinski definition) is 0. The monoisotopic (exact) mass is 577 g/mol. The average molecular weight is 578 g/mol. The van der Waals surface area contributed by atoms with E-state index in [4.69, 9.17) is 14.4 Å². The van der Waals surface area contributed by atoms with E-state index in [2.05, 4.69) is 134 Å². The molecule has 0 aliphatic heterocycles. The number of fused-ring (bicyclic) bond motifs is 10. The summed E-state index contributed by atoms with van der Waals surface area (Å²) in [5.74, 6) is 1.48. The molecule has 45 heavy (non-hydrogen) atoms. The van der Waals surface area contributed by atoms with Crippen molar-refractivity contribution in [3.8, 4) is 28.3 Å². The van der Waals surface area contributed by atoms with E-state index in [9.17, 15) is 0 Å². The molecule has 0 saturated carbocycles. The fraction of sp³-hybridized carbons (Fsp3) is 0.0732. The molecule has 0 amide bonds. The number of aromatic nitrogens is 3. The minimum atomic E-state index is -0.123. The highest BCUT2D eigenvalue weighted by Gasteiger charge is 2.37. The van der Waals surface area contributed by atoms with Crippen molar-refractivity contribution in [2.75, 3.05) is 0 Å². The molecule has 0 radical (unpaired) electrons. The fourth-order valence-electron chi connectivity index (χ4n) is 7.71. The summed E-state index contributed by atoms with van der Waals surface area (Å²) in [6, 6.07) is 45.2. The molecule has 0 unspecified atom stereocenters. The Balaban J connectivity index is 1.37. The molecule has 6 aromatic carbocycles. The van der Waals surface area contributed by atoms with Gasteiger partial charge in [-0.05, 0) is 57.3 Å². The maximum Gasteiger partial charge on any atom is 0.233 e. The van der Waals surface area contributed by atoms with Crippen molar-refractivity contribution in [3.05, 3.63) is 139 Å². The van der Waals surface area contributed by atoms with E-state index in [-0.39, 0.29) is 5.41 Å². The molecule has 9 aromatic rings. The lowest BCUT2D eigenvalue weighted by atomic mass is 9.82. The molecule has 0 spiro atoms. The van der Waals surface area contributed by atoms with Gasteiger partial charge in [-0.1, -0.05) is 117 Å². The number of hydrogen-bond acceptors (Lipinski definition) is 3. The lowest BCUT2D eigenvalue weighted by Crippen LogP contribution is -2.14. The summed E-state index contributed by atoms with van der Waals surface area (Å²) < 4.78 is 8.83. The Labute approximate surface area is 259 Å². The topological polar surface area (TPSA) is 43.9 Å². The number of rotatable bonds is 2. The molecule has 0 atom stereocenters. The molecule has 4 nitrogen and oxygen atoms in total. The molecule has 0 bridgehead atoms. The van der Waals surface area contributed by atoms with Crippen molar-refractivity contribution < 1.29 is 4.42 Å². The maximum absolute atomic E-state index is 6.51. The van der Waals surface area contributed by atoms with Gasteiger partial charge in [0.2, 0.25) is 5.71 Å². The molecular formula is C41H27N3O. The number of benzene rings is 6. The lowest BCUT2D eigenvalue weighted by Gasteiger charge is -2.21. The molecule has 0 N–H and O–H groups in total. The van der Waals surface area contributed by atoms with Crippen molar-refractivity contribution in [2.45, 2.75) is 19.3 Å². The summed E-state index contributed by atoms with van der Waals surface area (Å²) in [6.45, 7) is 4.61. The average Bonchev–Trinajstić information content (AvgIpc) is 3.69. The summed E-state index contributed by atoms with van der Waals surface area (Å²) in [4.78, 5) is 10.7. The summed E-state index contributed by atoms with van der Waals surface area (Å²) in [5.41, 5.74) is 9.55. The first kappa shape index (κ1) is 24.7. The van der Waals surface area contributed by atoms with Crippen LogP contribution in [0.2, 0.25) is 0 Å². The van der Waals surface area contributed by atoms with Crippen LogP contribution >= 0.6 is 0 Å². The Morgan fingerprint density at radius 1 is 0.578 bits per heavy atom. The fourth-order valence-corrected chi connectivity index (χ4v) is 7.71. The van der Waals surface area contributed by atoms with Crippen molar-refractivity contribution in [1.29, 1.82) is 0 Å². The van der Waals surface area contributed by atoms with Crippen LogP contribution in [0.5, 0.6) is 0 Å². The highest BCUT2D eigenvalue weighted by atomic mass is 16.3. The maximum atomic E-state index is 6.51. The summed E-state index contributed by atoms with van der Waals surface area (Å²) in [5, 5.41) is 6.72. The number of para-hydroxylation sites is 2. The third-order valence-electron chi connectivity index (χ3n) is 9.82. The summed E-state index contributed by atoms with van der Waals surface area (Å²) in [7, 11) is 0. The van der Waals surface area contributed by atoms with Crippen LogP contribution in [0.4, 0.5) is 0 Å². The summed E-state index contributed by atoms with van der Waals surface area (Å²) >= 11 is 0. The van der Waals surface area contributed by atoms with E-state index in [0.29, 0.717) is 11.5 Å². The number of nitrogens with zero attached hydrogens (tertiary/aromatic N) is 3. The van der Waals surface area contributed by atoms with E-state index >= 15 is 0 Å². The second-order valence-corrected chi connectivity index (χ2v) is 12.6. The van der Waals surface area contributed by atoms with Crippen LogP contribution in [0, 0.1) is 0 Å². The largest absolute Gasteiger partial charge is 0.437 e. The van der Waals surface area contributed by atoms with Crippen LogP contribution in [-0.2, 0) is 5.41 Å². The van der Waals surface area contributed by atoms with Gasteiger partial charge in [0.1, 0.15) is 5.58 Å². The zero-order valence-electron chi connectivity index (χ0n) is 24.9. The lowest BCUT2D eigenvalue weighted by molar-refractivity contribution is 0.653. The van der Waals surface area contributed by atoms with E-state index < -0.39 is 0 Å². The Morgan fingerprint density at radius 2 is 1.27 bits per heavy atom. The van der Waals surface area contributed by atoms with Gasteiger partial charge < -0.3 is 4.42 Å². The van der Waals surface area contributed by atoms with Gasteiger partial charge >= 0.3 is 0 Å². The van der Waals surface area contributed by atoms with Crippen LogP contribution in [0.3, 0.4) is 0 Å². The quantitative estimate of drug-likeness (QED) is 0.205. The predicted molar refractivity (Wildman–Crippen MR) is 184 cm³/mol. The first-order valence-corrected chi connectivity index (χ1v) is 15.4.